The topological polar surface area (TPSA) is 108 Å². The number of benzene rings is 1. The molecule has 0 spiro atoms. The maximum Gasteiger partial charge on any atom is 0.270 e. The number of nitro benzene ring substituents is 1. The average molecular weight is 371 g/mol. The molecule has 0 saturated heterocycles. The molecule has 3 aromatic heterocycles. The van der Waals surface area contributed by atoms with Gasteiger partial charge in [-0.25, -0.2) is 9.97 Å². The van der Waals surface area contributed by atoms with Crippen molar-refractivity contribution in [2.24, 2.45) is 0 Å². The minimum Gasteiger partial charge on any atom is -0.338 e. The lowest BCUT2D eigenvalue weighted by Crippen LogP contribution is -1.89. The normalized spacial score (nSPS) is 11.0. The maximum absolute atomic E-state index is 10.9. The minimum absolute atomic E-state index is 0.0145. The van der Waals surface area contributed by atoms with E-state index in [-0.39, 0.29) is 5.69 Å². The highest BCUT2D eigenvalue weighted by Gasteiger charge is 2.14. The third-order valence-corrected chi connectivity index (χ3v) is 5.34. The molecule has 8 nitrogen and oxygen atoms in total. The summed E-state index contributed by atoms with van der Waals surface area (Å²) in [6, 6.07) is 8.07. The van der Waals surface area contributed by atoms with Crippen LogP contribution in [0.4, 0.5) is 5.69 Å². The largest absolute Gasteiger partial charge is 0.338 e. The number of thiophene rings is 1. The number of nitrogens with zero attached hydrogens (tertiary/aromatic N) is 5. The number of nitro groups is 1. The molecule has 0 unspecified atom stereocenters. The lowest BCUT2D eigenvalue weighted by Gasteiger charge is -1.98. The first-order valence-electron chi connectivity index (χ1n) is 7.09. The first-order chi connectivity index (χ1) is 12.2. The quantitative estimate of drug-likeness (QED) is 0.225. The molecule has 0 saturated carbocycles. The van der Waals surface area contributed by atoms with Gasteiger partial charge in [-0.2, -0.15) is 4.98 Å². The zero-order valence-corrected chi connectivity index (χ0v) is 14.2. The summed E-state index contributed by atoms with van der Waals surface area (Å²) in [5, 5.41) is 17.6. The summed E-state index contributed by atoms with van der Waals surface area (Å²) in [6.07, 6.45) is 1.53. The molecular weight excluding hydrogens is 362 g/mol. The van der Waals surface area contributed by atoms with E-state index in [4.69, 9.17) is 4.52 Å². The van der Waals surface area contributed by atoms with Crippen molar-refractivity contribution in [2.45, 2.75) is 10.8 Å². The Morgan fingerprint density at radius 2 is 2.20 bits per heavy atom. The van der Waals surface area contributed by atoms with Gasteiger partial charge in [0, 0.05) is 17.7 Å². The second-order valence-corrected chi connectivity index (χ2v) is 6.80. The van der Waals surface area contributed by atoms with Crippen molar-refractivity contribution < 1.29 is 9.45 Å². The Bertz CT molecular complexity index is 1060. The molecule has 0 aliphatic carbocycles. The molecule has 0 atom stereocenters. The molecule has 3 heterocycles. The van der Waals surface area contributed by atoms with Crippen LogP contribution in [-0.2, 0) is 5.75 Å². The van der Waals surface area contributed by atoms with Crippen LogP contribution in [-0.4, -0.2) is 25.0 Å². The summed E-state index contributed by atoms with van der Waals surface area (Å²) in [4.78, 5) is 23.2. The third-order valence-electron chi connectivity index (χ3n) is 3.33. The van der Waals surface area contributed by atoms with Crippen LogP contribution in [0, 0.1) is 10.1 Å². The summed E-state index contributed by atoms with van der Waals surface area (Å²) in [6.45, 7) is 0. The van der Waals surface area contributed by atoms with Crippen LogP contribution in [0.15, 0.2) is 51.6 Å². The lowest BCUT2D eigenvalue weighted by molar-refractivity contribution is -0.384. The number of aromatic nitrogens is 4. The Morgan fingerprint density at radius 3 is 3.08 bits per heavy atom. The zero-order chi connectivity index (χ0) is 17.2. The van der Waals surface area contributed by atoms with E-state index in [0.717, 1.165) is 15.2 Å². The van der Waals surface area contributed by atoms with Crippen LogP contribution in [0.2, 0.25) is 0 Å². The van der Waals surface area contributed by atoms with Gasteiger partial charge in [0.2, 0.25) is 11.7 Å². The minimum atomic E-state index is -0.457. The fourth-order valence-corrected chi connectivity index (χ4v) is 3.97. The Hall–Kier alpha value is -2.85. The highest BCUT2D eigenvalue weighted by molar-refractivity contribution is 7.98. The number of hydrogen-bond donors (Lipinski definition) is 0. The Labute approximate surface area is 149 Å². The molecular formula is C15H9N5O3S2. The monoisotopic (exact) mass is 371 g/mol. The molecule has 0 amide bonds. The van der Waals surface area contributed by atoms with Gasteiger partial charge in [-0.1, -0.05) is 29.1 Å². The molecule has 4 aromatic rings. The van der Waals surface area contributed by atoms with Gasteiger partial charge in [-0.15, -0.1) is 11.3 Å². The standard InChI is InChI=1S/C15H9N5O3S2/c21-20(22)10-3-1-2-9(6-10)14-18-12(23-19-14)7-25-15-13-11(4-5-24-13)16-8-17-15/h1-6,8H,7H2. The van der Waals surface area contributed by atoms with Gasteiger partial charge in [-0.05, 0) is 11.4 Å². The van der Waals surface area contributed by atoms with Crippen molar-refractivity contribution in [3.63, 3.8) is 0 Å². The summed E-state index contributed by atoms with van der Waals surface area (Å²) in [5.74, 6) is 1.20. The van der Waals surface area contributed by atoms with E-state index >= 15 is 0 Å². The Balaban J connectivity index is 1.53. The number of hydrogen-bond acceptors (Lipinski definition) is 9. The molecule has 0 bridgehead atoms. The molecule has 124 valence electrons. The Kier molecular flexibility index (Phi) is 4.12. The van der Waals surface area contributed by atoms with Crippen molar-refractivity contribution in [3.8, 4) is 11.4 Å². The summed E-state index contributed by atoms with van der Waals surface area (Å²) in [5.41, 5.74) is 1.43. The SMILES string of the molecule is O=[N+]([O-])c1cccc(-c2noc(CSc3ncnc4ccsc34)n2)c1. The second kappa shape index (κ2) is 6.57. The van der Waals surface area contributed by atoms with E-state index < -0.39 is 4.92 Å². The molecule has 1 aromatic carbocycles. The Morgan fingerprint density at radius 1 is 1.28 bits per heavy atom. The van der Waals surface area contributed by atoms with E-state index in [0.29, 0.717) is 23.0 Å². The maximum atomic E-state index is 10.9. The van der Waals surface area contributed by atoms with E-state index in [1.165, 1.54) is 30.2 Å². The number of thioether (sulfide) groups is 1. The molecule has 0 aliphatic rings. The van der Waals surface area contributed by atoms with Crippen LogP contribution in [0.25, 0.3) is 21.6 Å². The van der Waals surface area contributed by atoms with E-state index in [9.17, 15) is 10.1 Å². The number of fused-ring (bicyclic) bond motifs is 1. The summed E-state index contributed by atoms with van der Waals surface area (Å²) >= 11 is 3.06. The van der Waals surface area contributed by atoms with Gasteiger partial charge >= 0.3 is 0 Å². The van der Waals surface area contributed by atoms with Crippen LogP contribution >= 0.6 is 23.1 Å². The van der Waals surface area contributed by atoms with Crippen molar-refractivity contribution in [3.05, 3.63) is 58.0 Å². The van der Waals surface area contributed by atoms with Crippen LogP contribution in [0.1, 0.15) is 5.89 Å². The van der Waals surface area contributed by atoms with Gasteiger partial charge in [-0.3, -0.25) is 10.1 Å². The average Bonchev–Trinajstić information content (AvgIpc) is 3.29. The lowest BCUT2D eigenvalue weighted by atomic mass is 10.2. The van der Waals surface area contributed by atoms with Gasteiger partial charge in [0.1, 0.15) is 11.4 Å². The molecule has 0 radical (unpaired) electrons. The summed E-state index contributed by atoms with van der Waals surface area (Å²) in [7, 11) is 0. The van der Waals surface area contributed by atoms with Crippen LogP contribution < -0.4 is 0 Å². The fourth-order valence-electron chi connectivity index (χ4n) is 2.19. The second-order valence-electron chi connectivity index (χ2n) is 4.92. The van der Waals surface area contributed by atoms with Gasteiger partial charge in [0.05, 0.1) is 20.9 Å². The van der Waals surface area contributed by atoms with Crippen molar-refractivity contribution in [1.82, 2.24) is 20.1 Å². The molecule has 0 fully saturated rings. The molecule has 4 rings (SSSR count). The number of rotatable bonds is 5. The molecule has 0 N–H and O–H groups in total. The van der Waals surface area contributed by atoms with Gasteiger partial charge in [0.15, 0.2) is 0 Å². The first-order valence-corrected chi connectivity index (χ1v) is 8.95. The summed E-state index contributed by atoms with van der Waals surface area (Å²) < 4.78 is 6.26. The highest BCUT2D eigenvalue weighted by atomic mass is 32.2. The highest BCUT2D eigenvalue weighted by Crippen LogP contribution is 2.31. The fraction of sp³-hybridized carbons (Fsp3) is 0.0667. The van der Waals surface area contributed by atoms with Crippen LogP contribution in [0.5, 0.6) is 0 Å². The molecule has 25 heavy (non-hydrogen) atoms. The predicted molar refractivity (Wildman–Crippen MR) is 93.4 cm³/mol. The smallest absolute Gasteiger partial charge is 0.270 e. The van der Waals surface area contributed by atoms with Crippen LogP contribution in [0.3, 0.4) is 0 Å². The van der Waals surface area contributed by atoms with Crippen molar-refractivity contribution in [2.75, 3.05) is 0 Å². The third kappa shape index (κ3) is 3.21. The van der Waals surface area contributed by atoms with Crippen molar-refractivity contribution >= 4 is 39.0 Å². The van der Waals surface area contributed by atoms with Gasteiger partial charge < -0.3 is 4.52 Å². The van der Waals surface area contributed by atoms with E-state index in [1.54, 1.807) is 23.5 Å². The molecule has 0 aliphatic heterocycles. The van der Waals surface area contributed by atoms with E-state index in [1.807, 2.05) is 11.4 Å². The first kappa shape index (κ1) is 15.7. The van der Waals surface area contributed by atoms with Gasteiger partial charge in [0.25, 0.3) is 5.69 Å². The zero-order valence-electron chi connectivity index (χ0n) is 12.5. The number of non-ortho nitro benzene ring substituents is 1. The molecule has 10 heteroatoms. The van der Waals surface area contributed by atoms with Crippen molar-refractivity contribution in [1.29, 1.82) is 0 Å². The predicted octanol–water partition coefficient (Wildman–Crippen LogP) is 3.94. The van der Waals surface area contributed by atoms with E-state index in [2.05, 4.69) is 20.1 Å².